The quantitative estimate of drug-likeness (QED) is 0.637. The Labute approximate surface area is 73.0 Å². The molecule has 1 aromatic carbocycles. The van der Waals surface area contributed by atoms with Crippen LogP contribution in [-0.2, 0) is 0 Å². The second-order valence-corrected chi connectivity index (χ2v) is 2.76. The highest BCUT2D eigenvalue weighted by atomic mass is 19.1. The number of rotatable bonds is 0. The molecule has 0 amide bonds. The molecule has 0 bridgehead atoms. The lowest BCUT2D eigenvalue weighted by atomic mass is 10.1. The van der Waals surface area contributed by atoms with Crippen LogP contribution in [0.2, 0.25) is 0 Å². The molecule has 0 saturated carbocycles. The Balaban J connectivity index is 3.01. The molecule has 0 saturated heterocycles. The summed E-state index contributed by atoms with van der Waals surface area (Å²) in [5, 5.41) is 0.852. The van der Waals surface area contributed by atoms with Crippen molar-refractivity contribution in [3.8, 4) is 0 Å². The summed E-state index contributed by atoms with van der Waals surface area (Å²) in [6, 6.07) is 3.90. The van der Waals surface area contributed by atoms with Gasteiger partial charge in [-0.2, -0.15) is 0 Å². The Kier molecular flexibility index (Phi) is 1.55. The number of hydrogen-bond acceptors (Lipinski definition) is 2. The molecular formula is C9H7FN2O. The van der Waals surface area contributed by atoms with Gasteiger partial charge in [-0.15, -0.1) is 0 Å². The first-order chi connectivity index (χ1) is 6.18. The van der Waals surface area contributed by atoms with Crippen molar-refractivity contribution >= 4 is 16.5 Å². The molecular weight excluding hydrogens is 171 g/mol. The van der Waals surface area contributed by atoms with E-state index in [9.17, 15) is 9.18 Å². The van der Waals surface area contributed by atoms with E-state index in [2.05, 4.69) is 4.98 Å². The molecule has 66 valence electrons. The number of nitrogens with two attached hydrogens (primary N) is 1. The van der Waals surface area contributed by atoms with Crippen molar-refractivity contribution in [3.05, 3.63) is 40.6 Å². The molecule has 0 unspecified atom stereocenters. The first-order valence-corrected chi connectivity index (χ1v) is 3.75. The van der Waals surface area contributed by atoms with Gasteiger partial charge in [-0.1, -0.05) is 0 Å². The average molecular weight is 178 g/mol. The highest BCUT2D eigenvalue weighted by molar-refractivity contribution is 5.91. The number of pyridine rings is 1. The van der Waals surface area contributed by atoms with E-state index < -0.39 is 5.82 Å². The van der Waals surface area contributed by atoms with Gasteiger partial charge in [0.25, 0.3) is 5.56 Å². The molecule has 1 heterocycles. The third-order valence-electron chi connectivity index (χ3n) is 1.90. The summed E-state index contributed by atoms with van der Waals surface area (Å²) in [7, 11) is 0. The molecule has 3 N–H and O–H groups in total. The van der Waals surface area contributed by atoms with Gasteiger partial charge in [0.2, 0.25) is 0 Å². The zero-order valence-corrected chi connectivity index (χ0v) is 6.67. The van der Waals surface area contributed by atoms with Crippen LogP contribution >= 0.6 is 0 Å². The summed E-state index contributed by atoms with van der Waals surface area (Å²) in [5.74, 6) is -0.398. The minimum absolute atomic E-state index is 0.260. The molecule has 3 nitrogen and oxygen atoms in total. The van der Waals surface area contributed by atoms with Crippen molar-refractivity contribution in [2.45, 2.75) is 0 Å². The standard InChI is InChI=1S/C9H7FN2O/c10-5-1-2-6-7(3-5)8(11)4-12-9(6)13/h1-4H,11H2,(H,12,13). The van der Waals surface area contributed by atoms with Crippen molar-refractivity contribution in [2.75, 3.05) is 5.73 Å². The summed E-state index contributed by atoms with van der Waals surface area (Å²) < 4.78 is 12.8. The minimum Gasteiger partial charge on any atom is -0.397 e. The lowest BCUT2D eigenvalue weighted by molar-refractivity contribution is 0.629. The zero-order valence-electron chi connectivity index (χ0n) is 6.67. The Hall–Kier alpha value is -1.84. The van der Waals surface area contributed by atoms with Crippen LogP contribution in [0.5, 0.6) is 0 Å². The van der Waals surface area contributed by atoms with E-state index in [4.69, 9.17) is 5.73 Å². The summed E-state index contributed by atoms with van der Waals surface area (Å²) >= 11 is 0. The van der Waals surface area contributed by atoms with Gasteiger partial charge in [0.1, 0.15) is 5.82 Å². The molecule has 2 rings (SSSR count). The third kappa shape index (κ3) is 1.16. The highest BCUT2D eigenvalue weighted by Crippen LogP contribution is 2.17. The van der Waals surface area contributed by atoms with Crippen LogP contribution in [0, 0.1) is 5.82 Å². The monoisotopic (exact) mass is 178 g/mol. The Morgan fingerprint density at radius 1 is 1.31 bits per heavy atom. The second-order valence-electron chi connectivity index (χ2n) is 2.76. The van der Waals surface area contributed by atoms with Gasteiger partial charge >= 0.3 is 0 Å². The van der Waals surface area contributed by atoms with Crippen molar-refractivity contribution in [2.24, 2.45) is 0 Å². The number of nitrogens with one attached hydrogen (secondary N) is 1. The van der Waals surface area contributed by atoms with Gasteiger partial charge in [0, 0.05) is 17.0 Å². The second kappa shape index (κ2) is 2.58. The fraction of sp³-hybridized carbons (Fsp3) is 0. The molecule has 0 aliphatic rings. The fourth-order valence-electron chi connectivity index (χ4n) is 1.25. The molecule has 0 atom stereocenters. The first kappa shape index (κ1) is 7.79. The van der Waals surface area contributed by atoms with Gasteiger partial charge in [0.15, 0.2) is 0 Å². The van der Waals surface area contributed by atoms with Crippen LogP contribution in [0.25, 0.3) is 10.8 Å². The van der Waals surface area contributed by atoms with E-state index in [1.165, 1.54) is 24.4 Å². The lowest BCUT2D eigenvalue weighted by Crippen LogP contribution is -2.06. The topological polar surface area (TPSA) is 58.9 Å². The Morgan fingerprint density at radius 2 is 2.08 bits per heavy atom. The molecule has 0 aliphatic carbocycles. The molecule has 4 heteroatoms. The summed E-state index contributed by atoms with van der Waals surface area (Å²) in [4.78, 5) is 13.7. The molecule has 0 fully saturated rings. The van der Waals surface area contributed by atoms with Crippen LogP contribution in [0.4, 0.5) is 10.1 Å². The number of fused-ring (bicyclic) bond motifs is 1. The van der Waals surface area contributed by atoms with E-state index in [1.54, 1.807) is 0 Å². The third-order valence-corrected chi connectivity index (χ3v) is 1.90. The maximum atomic E-state index is 12.8. The maximum absolute atomic E-state index is 12.8. The fourth-order valence-corrected chi connectivity index (χ4v) is 1.25. The average Bonchev–Trinajstić information content (AvgIpc) is 2.12. The van der Waals surface area contributed by atoms with E-state index in [-0.39, 0.29) is 5.56 Å². The number of halogens is 1. The predicted molar refractivity (Wildman–Crippen MR) is 48.9 cm³/mol. The number of hydrogen-bond donors (Lipinski definition) is 2. The van der Waals surface area contributed by atoms with Crippen molar-refractivity contribution in [1.29, 1.82) is 0 Å². The number of aromatic amines is 1. The van der Waals surface area contributed by atoms with Gasteiger partial charge in [-0.3, -0.25) is 4.79 Å². The van der Waals surface area contributed by atoms with E-state index in [0.717, 1.165) is 0 Å². The SMILES string of the molecule is Nc1c[nH]c(=O)c2ccc(F)cc12. The molecule has 0 spiro atoms. The molecule has 1 aromatic heterocycles. The van der Waals surface area contributed by atoms with E-state index >= 15 is 0 Å². The molecule has 2 aromatic rings. The largest absolute Gasteiger partial charge is 0.397 e. The van der Waals surface area contributed by atoms with Crippen molar-refractivity contribution in [1.82, 2.24) is 4.98 Å². The summed E-state index contributed by atoms with van der Waals surface area (Å²) in [6.07, 6.45) is 1.37. The number of H-pyrrole nitrogens is 1. The molecule has 0 radical (unpaired) electrons. The van der Waals surface area contributed by atoms with Gasteiger partial charge in [-0.05, 0) is 18.2 Å². The van der Waals surface area contributed by atoms with Crippen LogP contribution in [0.1, 0.15) is 0 Å². The van der Waals surface area contributed by atoms with Crippen molar-refractivity contribution in [3.63, 3.8) is 0 Å². The maximum Gasteiger partial charge on any atom is 0.255 e. The van der Waals surface area contributed by atoms with Crippen LogP contribution < -0.4 is 11.3 Å². The Morgan fingerprint density at radius 3 is 2.85 bits per heavy atom. The zero-order chi connectivity index (χ0) is 9.42. The predicted octanol–water partition coefficient (Wildman–Crippen LogP) is 1.25. The minimum atomic E-state index is -0.398. The number of anilines is 1. The van der Waals surface area contributed by atoms with Gasteiger partial charge in [-0.25, -0.2) is 4.39 Å². The highest BCUT2D eigenvalue weighted by Gasteiger charge is 2.02. The van der Waals surface area contributed by atoms with E-state index in [1.807, 2.05) is 0 Å². The number of aromatic nitrogens is 1. The molecule has 13 heavy (non-hydrogen) atoms. The first-order valence-electron chi connectivity index (χ1n) is 3.75. The molecule has 0 aliphatic heterocycles. The van der Waals surface area contributed by atoms with Crippen LogP contribution in [-0.4, -0.2) is 4.98 Å². The van der Waals surface area contributed by atoms with Gasteiger partial charge < -0.3 is 10.7 Å². The smallest absolute Gasteiger partial charge is 0.255 e. The van der Waals surface area contributed by atoms with Gasteiger partial charge in [0.05, 0.1) is 5.69 Å². The summed E-state index contributed by atoms with van der Waals surface area (Å²) in [5.41, 5.74) is 5.67. The normalized spacial score (nSPS) is 10.5. The van der Waals surface area contributed by atoms with Crippen molar-refractivity contribution < 1.29 is 4.39 Å². The number of nitrogen functional groups attached to an aromatic ring is 1. The Bertz CT molecular complexity index is 518. The van der Waals surface area contributed by atoms with Crippen LogP contribution in [0.3, 0.4) is 0 Å². The number of benzene rings is 1. The lowest BCUT2D eigenvalue weighted by Gasteiger charge is -1.99. The van der Waals surface area contributed by atoms with E-state index in [0.29, 0.717) is 16.5 Å². The van der Waals surface area contributed by atoms with Crippen LogP contribution in [0.15, 0.2) is 29.2 Å². The summed E-state index contributed by atoms with van der Waals surface area (Å²) in [6.45, 7) is 0.